The minimum absolute atomic E-state index is 0.0697. The molecule has 0 aliphatic heterocycles. The number of carboxylic acids is 1. The topological polar surface area (TPSA) is 125 Å². The third kappa shape index (κ3) is 8.08. The summed E-state index contributed by atoms with van der Waals surface area (Å²) < 4.78 is 0. The SMILES string of the molecule is CNC(=O)CNC(=O)NC(=O)CC(C)CC(=O)O. The zero-order chi connectivity index (χ0) is 14.1. The van der Waals surface area contributed by atoms with E-state index in [0.29, 0.717) is 0 Å². The molecule has 0 aliphatic rings. The summed E-state index contributed by atoms with van der Waals surface area (Å²) in [7, 11) is 1.42. The highest BCUT2D eigenvalue weighted by Gasteiger charge is 2.14. The molecule has 8 heteroatoms. The zero-order valence-electron chi connectivity index (χ0n) is 10.3. The summed E-state index contributed by atoms with van der Waals surface area (Å²) in [5, 5.41) is 15.0. The Balaban J connectivity index is 3.90. The van der Waals surface area contributed by atoms with Crippen molar-refractivity contribution in [3.05, 3.63) is 0 Å². The molecule has 0 fully saturated rings. The van der Waals surface area contributed by atoms with Crippen molar-refractivity contribution in [3.63, 3.8) is 0 Å². The minimum atomic E-state index is -1.00. The molecule has 0 rings (SSSR count). The van der Waals surface area contributed by atoms with Crippen LogP contribution in [-0.2, 0) is 14.4 Å². The molecule has 0 aromatic carbocycles. The van der Waals surface area contributed by atoms with E-state index >= 15 is 0 Å². The molecule has 0 bridgehead atoms. The van der Waals surface area contributed by atoms with E-state index in [-0.39, 0.29) is 25.3 Å². The van der Waals surface area contributed by atoms with Gasteiger partial charge in [0, 0.05) is 19.9 Å². The number of nitrogens with one attached hydrogen (secondary N) is 3. The Labute approximate surface area is 104 Å². The summed E-state index contributed by atoms with van der Waals surface area (Å²) in [6, 6.07) is -0.786. The van der Waals surface area contributed by atoms with Crippen LogP contribution in [0.4, 0.5) is 4.79 Å². The molecule has 0 heterocycles. The van der Waals surface area contributed by atoms with Gasteiger partial charge in [-0.15, -0.1) is 0 Å². The third-order valence-electron chi connectivity index (χ3n) is 2.00. The normalized spacial score (nSPS) is 11.2. The number of aliphatic carboxylic acids is 1. The van der Waals surface area contributed by atoms with Gasteiger partial charge < -0.3 is 15.7 Å². The van der Waals surface area contributed by atoms with Crippen LogP contribution in [0.2, 0.25) is 0 Å². The zero-order valence-corrected chi connectivity index (χ0v) is 10.3. The average Bonchev–Trinajstić information content (AvgIpc) is 2.24. The lowest BCUT2D eigenvalue weighted by Gasteiger charge is -2.09. The molecule has 1 atom stereocenters. The van der Waals surface area contributed by atoms with Crippen LogP contribution >= 0.6 is 0 Å². The summed E-state index contributed by atoms with van der Waals surface area (Å²) >= 11 is 0. The molecule has 102 valence electrons. The van der Waals surface area contributed by atoms with Crippen LogP contribution in [0.3, 0.4) is 0 Å². The van der Waals surface area contributed by atoms with Crippen molar-refractivity contribution in [2.24, 2.45) is 5.92 Å². The smallest absolute Gasteiger partial charge is 0.321 e. The lowest BCUT2D eigenvalue weighted by atomic mass is 10.0. The number of amides is 4. The van der Waals surface area contributed by atoms with E-state index in [0.717, 1.165) is 0 Å². The predicted octanol–water partition coefficient (Wildman–Crippen LogP) is -0.941. The number of rotatable bonds is 6. The molecule has 1 unspecified atom stereocenters. The minimum Gasteiger partial charge on any atom is -0.481 e. The molecular weight excluding hydrogens is 242 g/mol. The van der Waals surface area contributed by atoms with Crippen molar-refractivity contribution in [3.8, 4) is 0 Å². The first-order chi connectivity index (χ1) is 8.35. The monoisotopic (exact) mass is 259 g/mol. The van der Waals surface area contributed by atoms with Crippen molar-refractivity contribution in [1.82, 2.24) is 16.0 Å². The van der Waals surface area contributed by atoms with Crippen molar-refractivity contribution in [2.75, 3.05) is 13.6 Å². The van der Waals surface area contributed by atoms with Crippen molar-refractivity contribution in [2.45, 2.75) is 19.8 Å². The molecule has 0 spiro atoms. The van der Waals surface area contributed by atoms with E-state index < -0.39 is 23.8 Å². The van der Waals surface area contributed by atoms with E-state index in [1.54, 1.807) is 6.92 Å². The summed E-state index contributed by atoms with van der Waals surface area (Å²) in [5.74, 6) is -2.34. The Morgan fingerprint density at radius 2 is 1.72 bits per heavy atom. The van der Waals surface area contributed by atoms with Crippen LogP contribution < -0.4 is 16.0 Å². The third-order valence-corrected chi connectivity index (χ3v) is 2.00. The van der Waals surface area contributed by atoms with Crippen molar-refractivity contribution >= 4 is 23.8 Å². The van der Waals surface area contributed by atoms with Gasteiger partial charge in [-0.05, 0) is 5.92 Å². The maximum absolute atomic E-state index is 11.3. The Morgan fingerprint density at radius 1 is 1.11 bits per heavy atom. The number of carboxylic acid groups (broad SMARTS) is 1. The van der Waals surface area contributed by atoms with Crippen molar-refractivity contribution in [1.29, 1.82) is 0 Å². The summed E-state index contributed by atoms with van der Waals surface area (Å²) in [6.07, 6.45) is -0.215. The van der Waals surface area contributed by atoms with Gasteiger partial charge in [0.05, 0.1) is 6.54 Å². The fourth-order valence-corrected chi connectivity index (χ4v) is 1.16. The van der Waals surface area contributed by atoms with Crippen LogP contribution in [0.1, 0.15) is 19.8 Å². The van der Waals surface area contributed by atoms with Gasteiger partial charge in [0.15, 0.2) is 0 Å². The first-order valence-electron chi connectivity index (χ1n) is 5.35. The maximum atomic E-state index is 11.3. The van der Waals surface area contributed by atoms with E-state index in [2.05, 4.69) is 10.6 Å². The maximum Gasteiger partial charge on any atom is 0.321 e. The van der Waals surface area contributed by atoms with Gasteiger partial charge in [-0.2, -0.15) is 0 Å². The quantitative estimate of drug-likeness (QED) is 0.490. The predicted molar refractivity (Wildman–Crippen MR) is 61.6 cm³/mol. The summed E-state index contributed by atoms with van der Waals surface area (Å²) in [4.78, 5) is 43.6. The van der Waals surface area contributed by atoms with Gasteiger partial charge >= 0.3 is 12.0 Å². The second-order valence-electron chi connectivity index (χ2n) is 3.81. The van der Waals surface area contributed by atoms with Gasteiger partial charge in [0.2, 0.25) is 11.8 Å². The second kappa shape index (κ2) is 8.04. The number of carbonyl (C=O) groups is 4. The number of hydrogen-bond donors (Lipinski definition) is 4. The largest absolute Gasteiger partial charge is 0.481 e. The molecule has 0 radical (unpaired) electrons. The lowest BCUT2D eigenvalue weighted by molar-refractivity contribution is -0.138. The molecule has 0 saturated heterocycles. The van der Waals surface area contributed by atoms with Crippen LogP contribution in [-0.4, -0.2) is 42.5 Å². The lowest BCUT2D eigenvalue weighted by Crippen LogP contribution is -2.43. The Hall–Kier alpha value is -2.12. The van der Waals surface area contributed by atoms with Gasteiger partial charge in [0.1, 0.15) is 0 Å². The number of carbonyl (C=O) groups excluding carboxylic acids is 3. The van der Waals surface area contributed by atoms with Gasteiger partial charge in [0.25, 0.3) is 0 Å². The van der Waals surface area contributed by atoms with Crippen LogP contribution in [0.5, 0.6) is 0 Å². The number of hydrogen-bond acceptors (Lipinski definition) is 4. The highest BCUT2D eigenvalue weighted by Crippen LogP contribution is 2.06. The highest BCUT2D eigenvalue weighted by atomic mass is 16.4. The molecular formula is C10H17N3O5. The number of urea groups is 1. The van der Waals surface area contributed by atoms with E-state index in [1.807, 2.05) is 5.32 Å². The average molecular weight is 259 g/mol. The van der Waals surface area contributed by atoms with Crippen LogP contribution in [0.15, 0.2) is 0 Å². The Bertz CT molecular complexity index is 342. The fourth-order valence-electron chi connectivity index (χ4n) is 1.16. The van der Waals surface area contributed by atoms with E-state index in [1.165, 1.54) is 7.05 Å². The first-order valence-corrected chi connectivity index (χ1v) is 5.35. The van der Waals surface area contributed by atoms with Gasteiger partial charge in [-0.3, -0.25) is 19.7 Å². The molecule has 8 nitrogen and oxygen atoms in total. The number of likely N-dealkylation sites (N-methyl/N-ethyl adjacent to an activating group) is 1. The Kier molecular flexibility index (Phi) is 7.10. The highest BCUT2D eigenvalue weighted by molar-refractivity contribution is 5.95. The van der Waals surface area contributed by atoms with Gasteiger partial charge in [-0.1, -0.05) is 6.92 Å². The Morgan fingerprint density at radius 3 is 2.22 bits per heavy atom. The first kappa shape index (κ1) is 15.9. The van der Waals surface area contributed by atoms with Crippen LogP contribution in [0, 0.1) is 5.92 Å². The van der Waals surface area contributed by atoms with E-state index in [9.17, 15) is 19.2 Å². The molecule has 0 aromatic heterocycles. The van der Waals surface area contributed by atoms with Crippen molar-refractivity contribution < 1.29 is 24.3 Å². The molecule has 0 aliphatic carbocycles. The van der Waals surface area contributed by atoms with Crippen LogP contribution in [0.25, 0.3) is 0 Å². The molecule has 4 N–H and O–H groups in total. The fraction of sp³-hybridized carbons (Fsp3) is 0.600. The van der Waals surface area contributed by atoms with E-state index in [4.69, 9.17) is 5.11 Å². The summed E-state index contributed by atoms with van der Waals surface area (Å²) in [5.41, 5.74) is 0. The van der Waals surface area contributed by atoms with Gasteiger partial charge in [-0.25, -0.2) is 4.79 Å². The molecule has 18 heavy (non-hydrogen) atoms. The standard InChI is InChI=1S/C10H17N3O5/c1-6(4-9(16)17)3-7(14)13-10(18)12-5-8(15)11-2/h6H,3-5H2,1-2H3,(H,11,15)(H,16,17)(H2,12,13,14,18). The second-order valence-corrected chi connectivity index (χ2v) is 3.81. The molecule has 0 saturated carbocycles. The molecule has 0 aromatic rings. The number of imide groups is 1. The summed E-state index contributed by atoms with van der Waals surface area (Å²) in [6.45, 7) is 1.36. The molecule has 4 amide bonds.